The molecule has 0 saturated heterocycles. The molecule has 0 amide bonds. The van der Waals surface area contributed by atoms with Crippen molar-refractivity contribution in [2.24, 2.45) is 0 Å². The minimum atomic E-state index is 0.596. The number of nitrogens with zero attached hydrogens (tertiary/aromatic N) is 3. The summed E-state index contributed by atoms with van der Waals surface area (Å²) < 4.78 is 1.02. The zero-order valence-electron chi connectivity index (χ0n) is 12.9. The Morgan fingerprint density at radius 2 is 1.58 bits per heavy atom. The Kier molecular flexibility index (Phi) is 4.73. The Morgan fingerprint density at radius 3 is 2.25 bits per heavy atom. The summed E-state index contributed by atoms with van der Waals surface area (Å²) in [5, 5.41) is 15.4. The second-order valence-corrected chi connectivity index (χ2v) is 6.05. The Hall–Kier alpha value is -2.91. The van der Waals surface area contributed by atoms with Gasteiger partial charge in [-0.2, -0.15) is 5.26 Å². The number of nitrogens with one attached hydrogen (secondary N) is 2. The van der Waals surface area contributed by atoms with Crippen LogP contribution in [-0.2, 0) is 0 Å². The van der Waals surface area contributed by atoms with Crippen molar-refractivity contribution < 1.29 is 0 Å². The highest BCUT2D eigenvalue weighted by Crippen LogP contribution is 2.22. The lowest BCUT2D eigenvalue weighted by molar-refractivity contribution is 1.06. The quantitative estimate of drug-likeness (QED) is 0.673. The molecular weight excluding hydrogens is 366 g/mol. The van der Waals surface area contributed by atoms with Gasteiger partial charge in [-0.25, -0.2) is 9.97 Å². The second-order valence-electron chi connectivity index (χ2n) is 5.14. The third kappa shape index (κ3) is 4.09. The highest BCUT2D eigenvalue weighted by Gasteiger charge is 2.04. The summed E-state index contributed by atoms with van der Waals surface area (Å²) in [5.41, 5.74) is 2.34. The average molecular weight is 380 g/mol. The van der Waals surface area contributed by atoms with Gasteiger partial charge in [0.1, 0.15) is 17.5 Å². The van der Waals surface area contributed by atoms with Crippen LogP contribution in [0.15, 0.2) is 59.1 Å². The SMILES string of the molecule is Cc1nc(Nc2ccc(Br)cc2)cc(Nc2cccc(C#N)c2)n1. The number of rotatable bonds is 4. The van der Waals surface area contributed by atoms with Crippen LogP contribution >= 0.6 is 15.9 Å². The van der Waals surface area contributed by atoms with Crippen molar-refractivity contribution in [1.82, 2.24) is 9.97 Å². The lowest BCUT2D eigenvalue weighted by Crippen LogP contribution is -2.01. The van der Waals surface area contributed by atoms with Crippen LogP contribution < -0.4 is 10.6 Å². The van der Waals surface area contributed by atoms with Crippen LogP contribution in [0, 0.1) is 18.3 Å². The summed E-state index contributed by atoms with van der Waals surface area (Å²) in [7, 11) is 0. The van der Waals surface area contributed by atoms with E-state index in [1.807, 2.05) is 49.4 Å². The molecule has 0 unspecified atom stereocenters. The fraction of sp³-hybridized carbons (Fsp3) is 0.0556. The van der Waals surface area contributed by atoms with Crippen molar-refractivity contribution in [3.8, 4) is 6.07 Å². The normalized spacial score (nSPS) is 10.0. The minimum absolute atomic E-state index is 0.596. The van der Waals surface area contributed by atoms with E-state index < -0.39 is 0 Å². The Morgan fingerprint density at radius 1 is 0.917 bits per heavy atom. The molecule has 2 N–H and O–H groups in total. The first kappa shape index (κ1) is 16.0. The van der Waals surface area contributed by atoms with Gasteiger partial charge in [0.05, 0.1) is 11.6 Å². The zero-order chi connectivity index (χ0) is 16.9. The van der Waals surface area contributed by atoms with Crippen molar-refractivity contribution in [3.63, 3.8) is 0 Å². The molecule has 0 saturated carbocycles. The van der Waals surface area contributed by atoms with Gasteiger partial charge in [0.2, 0.25) is 0 Å². The summed E-state index contributed by atoms with van der Waals surface area (Å²) in [4.78, 5) is 8.79. The van der Waals surface area contributed by atoms with Crippen LogP contribution in [0.25, 0.3) is 0 Å². The van der Waals surface area contributed by atoms with Gasteiger partial charge in [-0.05, 0) is 49.4 Å². The van der Waals surface area contributed by atoms with Gasteiger partial charge in [-0.1, -0.05) is 22.0 Å². The second kappa shape index (κ2) is 7.11. The van der Waals surface area contributed by atoms with Gasteiger partial charge in [0.15, 0.2) is 0 Å². The third-order valence-corrected chi connectivity index (χ3v) is 3.75. The maximum Gasteiger partial charge on any atom is 0.136 e. The fourth-order valence-electron chi connectivity index (χ4n) is 2.19. The topological polar surface area (TPSA) is 73.6 Å². The van der Waals surface area contributed by atoms with E-state index in [0.717, 1.165) is 15.8 Å². The van der Waals surface area contributed by atoms with E-state index in [-0.39, 0.29) is 0 Å². The van der Waals surface area contributed by atoms with Crippen LogP contribution in [-0.4, -0.2) is 9.97 Å². The average Bonchev–Trinajstić information content (AvgIpc) is 2.56. The van der Waals surface area contributed by atoms with Crippen molar-refractivity contribution >= 4 is 38.9 Å². The predicted octanol–water partition coefficient (Wildman–Crippen LogP) is 4.91. The molecule has 3 aromatic rings. The van der Waals surface area contributed by atoms with Crippen molar-refractivity contribution in [2.75, 3.05) is 10.6 Å². The van der Waals surface area contributed by atoms with Gasteiger partial charge in [0, 0.05) is 21.9 Å². The molecule has 0 aliphatic rings. The van der Waals surface area contributed by atoms with E-state index in [1.165, 1.54) is 0 Å². The van der Waals surface area contributed by atoms with E-state index in [4.69, 9.17) is 5.26 Å². The monoisotopic (exact) mass is 379 g/mol. The molecule has 0 spiro atoms. The highest BCUT2D eigenvalue weighted by molar-refractivity contribution is 9.10. The first-order chi connectivity index (χ1) is 11.6. The maximum absolute atomic E-state index is 8.98. The fourth-order valence-corrected chi connectivity index (χ4v) is 2.46. The van der Waals surface area contributed by atoms with E-state index >= 15 is 0 Å². The Bertz CT molecular complexity index is 900. The molecule has 0 aliphatic carbocycles. The van der Waals surface area contributed by atoms with Gasteiger partial charge in [-0.15, -0.1) is 0 Å². The standard InChI is InChI=1S/C18H14BrN5/c1-12-21-17(23-15-7-5-14(19)6-8-15)10-18(22-12)24-16-4-2-3-13(9-16)11-20/h2-10H,1H3,(H2,21,22,23,24). The van der Waals surface area contributed by atoms with Gasteiger partial charge < -0.3 is 10.6 Å². The molecule has 24 heavy (non-hydrogen) atoms. The molecule has 118 valence electrons. The molecule has 0 fully saturated rings. The number of halogens is 1. The molecule has 0 atom stereocenters. The zero-order valence-corrected chi connectivity index (χ0v) is 14.5. The molecule has 5 nitrogen and oxygen atoms in total. The Balaban J connectivity index is 1.83. The number of nitriles is 1. The number of aromatic nitrogens is 2. The first-order valence-electron chi connectivity index (χ1n) is 7.28. The summed E-state index contributed by atoms with van der Waals surface area (Å²) in [6.45, 7) is 1.84. The van der Waals surface area contributed by atoms with Crippen molar-refractivity contribution in [3.05, 3.63) is 70.5 Å². The molecule has 1 heterocycles. The molecule has 6 heteroatoms. The maximum atomic E-state index is 8.98. The first-order valence-corrected chi connectivity index (χ1v) is 8.07. The Labute approximate surface area is 148 Å². The van der Waals surface area contributed by atoms with Gasteiger partial charge in [0.25, 0.3) is 0 Å². The van der Waals surface area contributed by atoms with Gasteiger partial charge in [-0.3, -0.25) is 0 Å². The van der Waals surface area contributed by atoms with E-state index in [1.54, 1.807) is 12.1 Å². The van der Waals surface area contributed by atoms with Gasteiger partial charge >= 0.3 is 0 Å². The summed E-state index contributed by atoms with van der Waals surface area (Å²) >= 11 is 3.42. The molecule has 2 aromatic carbocycles. The number of hydrogen-bond donors (Lipinski definition) is 2. The van der Waals surface area contributed by atoms with Crippen LogP contribution in [0.5, 0.6) is 0 Å². The third-order valence-electron chi connectivity index (χ3n) is 3.22. The lowest BCUT2D eigenvalue weighted by atomic mass is 10.2. The van der Waals surface area contributed by atoms with Crippen LogP contribution in [0.2, 0.25) is 0 Å². The summed E-state index contributed by atoms with van der Waals surface area (Å²) in [6.07, 6.45) is 0. The summed E-state index contributed by atoms with van der Waals surface area (Å²) in [5.74, 6) is 2.01. The molecule has 0 radical (unpaired) electrons. The molecular formula is C18H14BrN5. The van der Waals surface area contributed by atoms with Crippen LogP contribution in [0.4, 0.5) is 23.0 Å². The summed E-state index contributed by atoms with van der Waals surface area (Å²) in [6, 6.07) is 19.1. The largest absolute Gasteiger partial charge is 0.340 e. The lowest BCUT2D eigenvalue weighted by Gasteiger charge is -2.10. The van der Waals surface area contributed by atoms with Crippen LogP contribution in [0.1, 0.15) is 11.4 Å². The minimum Gasteiger partial charge on any atom is -0.340 e. The molecule has 0 bridgehead atoms. The van der Waals surface area contributed by atoms with Crippen molar-refractivity contribution in [2.45, 2.75) is 6.92 Å². The van der Waals surface area contributed by atoms with Crippen LogP contribution in [0.3, 0.4) is 0 Å². The highest BCUT2D eigenvalue weighted by atomic mass is 79.9. The molecule has 3 rings (SSSR count). The number of benzene rings is 2. The van der Waals surface area contributed by atoms with E-state index in [0.29, 0.717) is 23.0 Å². The number of aryl methyl sites for hydroxylation is 1. The smallest absolute Gasteiger partial charge is 0.136 e. The molecule has 0 aliphatic heterocycles. The molecule has 1 aromatic heterocycles. The predicted molar refractivity (Wildman–Crippen MR) is 98.6 cm³/mol. The number of hydrogen-bond acceptors (Lipinski definition) is 5. The van der Waals surface area contributed by atoms with E-state index in [2.05, 4.69) is 42.6 Å². The number of anilines is 4. The van der Waals surface area contributed by atoms with E-state index in [9.17, 15) is 0 Å². The van der Waals surface area contributed by atoms with Crippen molar-refractivity contribution in [1.29, 1.82) is 5.26 Å².